The van der Waals surface area contributed by atoms with Crippen LogP contribution in [0.3, 0.4) is 0 Å². The molecule has 0 aliphatic rings. The lowest BCUT2D eigenvalue weighted by molar-refractivity contribution is -0.186. The molecule has 4 atom stereocenters. The van der Waals surface area contributed by atoms with E-state index in [0.717, 1.165) is 6.26 Å². The van der Waals surface area contributed by atoms with Crippen LogP contribution in [0.4, 0.5) is 0 Å². The number of Topliss-reactive ketones (excluding diaryl/α,β-unsaturated/α-hetero) is 5. The van der Waals surface area contributed by atoms with Gasteiger partial charge in [0.05, 0.1) is 19.5 Å². The molecule has 0 amide bonds. The number of ether oxygens (including phenoxy) is 6. The number of hydrogen-bond acceptors (Lipinski definition) is 11. The van der Waals surface area contributed by atoms with Gasteiger partial charge in [0.25, 0.3) is 0 Å². The normalized spacial score (nSPS) is 14.2. The highest BCUT2D eigenvalue weighted by Crippen LogP contribution is 2.20. The Labute approximate surface area is 231 Å². The molecule has 0 aliphatic carbocycles. The van der Waals surface area contributed by atoms with Crippen LogP contribution in [0.1, 0.15) is 66.7 Å². The first kappa shape index (κ1) is 36.7. The molecule has 224 valence electrons. The fourth-order valence-corrected chi connectivity index (χ4v) is 3.05. The van der Waals surface area contributed by atoms with Gasteiger partial charge in [-0.3, -0.25) is 24.0 Å². The van der Waals surface area contributed by atoms with E-state index < -0.39 is 24.4 Å². The maximum absolute atomic E-state index is 12.2. The Morgan fingerprint density at radius 1 is 0.538 bits per heavy atom. The van der Waals surface area contributed by atoms with Crippen molar-refractivity contribution in [3.05, 3.63) is 12.8 Å². The van der Waals surface area contributed by atoms with E-state index in [0.29, 0.717) is 0 Å². The zero-order valence-electron chi connectivity index (χ0n) is 24.1. The van der Waals surface area contributed by atoms with Crippen molar-refractivity contribution < 1.29 is 52.4 Å². The number of rotatable bonds is 27. The zero-order chi connectivity index (χ0) is 29.6. The highest BCUT2D eigenvalue weighted by molar-refractivity contribution is 5.80. The minimum absolute atomic E-state index is 0.130. The summed E-state index contributed by atoms with van der Waals surface area (Å²) in [4.78, 5) is 59.9. The summed E-state index contributed by atoms with van der Waals surface area (Å²) >= 11 is 0. The molecule has 0 aromatic rings. The molecule has 0 heterocycles. The second-order valence-electron chi connectivity index (χ2n) is 8.73. The van der Waals surface area contributed by atoms with Crippen LogP contribution >= 0.6 is 0 Å². The molecule has 0 rings (SSSR count). The van der Waals surface area contributed by atoms with Crippen molar-refractivity contribution in [3.8, 4) is 0 Å². The molecule has 0 aromatic carbocycles. The second-order valence-corrected chi connectivity index (χ2v) is 8.73. The molecular formula is C28H46O11. The van der Waals surface area contributed by atoms with Gasteiger partial charge in [0.2, 0.25) is 0 Å². The van der Waals surface area contributed by atoms with Gasteiger partial charge in [-0.1, -0.05) is 41.2 Å². The van der Waals surface area contributed by atoms with Crippen molar-refractivity contribution in [3.63, 3.8) is 0 Å². The molecule has 0 aromatic heterocycles. The Kier molecular flexibility index (Phi) is 21.2. The maximum Gasteiger partial charge on any atom is 0.158 e. The summed E-state index contributed by atoms with van der Waals surface area (Å²) in [6, 6.07) is 0. The van der Waals surface area contributed by atoms with Crippen LogP contribution in [0.25, 0.3) is 0 Å². The van der Waals surface area contributed by atoms with Gasteiger partial charge < -0.3 is 28.4 Å². The smallest absolute Gasteiger partial charge is 0.158 e. The van der Waals surface area contributed by atoms with Gasteiger partial charge >= 0.3 is 0 Å². The minimum Gasteiger partial charge on any atom is -0.493 e. The van der Waals surface area contributed by atoms with Crippen LogP contribution in [-0.4, -0.2) is 99.6 Å². The largest absolute Gasteiger partial charge is 0.493 e. The monoisotopic (exact) mass is 558 g/mol. The second kappa shape index (κ2) is 22.5. The van der Waals surface area contributed by atoms with Crippen molar-refractivity contribution in [1.29, 1.82) is 0 Å². The Balaban J connectivity index is 6.28. The molecule has 0 bridgehead atoms. The van der Waals surface area contributed by atoms with E-state index in [2.05, 4.69) is 6.58 Å². The average molecular weight is 559 g/mol. The van der Waals surface area contributed by atoms with Crippen molar-refractivity contribution >= 4 is 28.9 Å². The molecule has 0 N–H and O–H groups in total. The van der Waals surface area contributed by atoms with E-state index in [-0.39, 0.29) is 107 Å². The lowest BCUT2D eigenvalue weighted by Gasteiger charge is -2.36. The molecule has 0 aliphatic heterocycles. The SMILES string of the molecule is C=COC(C(COCC(=O)CC)OCC(=O)CC)C(OCC(=O)CC)C(COCC(=O)CC)OCC(=O)CC. The summed E-state index contributed by atoms with van der Waals surface area (Å²) in [5.74, 6) is -0.829. The molecular weight excluding hydrogens is 512 g/mol. The van der Waals surface area contributed by atoms with Gasteiger partial charge in [0.1, 0.15) is 51.3 Å². The van der Waals surface area contributed by atoms with Crippen LogP contribution in [-0.2, 0) is 52.4 Å². The third-order valence-corrected chi connectivity index (χ3v) is 5.73. The average Bonchev–Trinajstić information content (AvgIpc) is 2.95. The van der Waals surface area contributed by atoms with Gasteiger partial charge in [0, 0.05) is 32.1 Å². The molecule has 0 saturated carbocycles. The molecule has 39 heavy (non-hydrogen) atoms. The predicted octanol–water partition coefficient (Wildman–Crippen LogP) is 2.60. The fourth-order valence-electron chi connectivity index (χ4n) is 3.05. The van der Waals surface area contributed by atoms with Crippen LogP contribution in [0.15, 0.2) is 12.8 Å². The Bertz CT molecular complexity index is 765. The lowest BCUT2D eigenvalue weighted by Crippen LogP contribution is -2.53. The van der Waals surface area contributed by atoms with Gasteiger partial charge in [-0.2, -0.15) is 0 Å². The molecule has 4 unspecified atom stereocenters. The van der Waals surface area contributed by atoms with Crippen LogP contribution in [0.2, 0.25) is 0 Å². The third-order valence-electron chi connectivity index (χ3n) is 5.73. The predicted molar refractivity (Wildman–Crippen MR) is 142 cm³/mol. The minimum atomic E-state index is -1.08. The van der Waals surface area contributed by atoms with E-state index in [1.54, 1.807) is 34.6 Å². The Hall–Kier alpha value is -2.31. The fraction of sp³-hybridized carbons (Fsp3) is 0.750. The zero-order valence-corrected chi connectivity index (χ0v) is 24.1. The highest BCUT2D eigenvalue weighted by atomic mass is 16.6. The van der Waals surface area contributed by atoms with Crippen molar-refractivity contribution in [2.75, 3.05) is 46.2 Å². The molecule has 11 heteroatoms. The van der Waals surface area contributed by atoms with E-state index in [9.17, 15) is 24.0 Å². The summed E-state index contributed by atoms with van der Waals surface area (Å²) in [6.45, 7) is 10.6. The number of hydrogen-bond donors (Lipinski definition) is 0. The summed E-state index contributed by atoms with van der Waals surface area (Å²) in [6.07, 6.45) is -1.67. The van der Waals surface area contributed by atoms with Crippen LogP contribution in [0, 0.1) is 0 Å². The molecule has 0 radical (unpaired) electrons. The molecule has 0 saturated heterocycles. The Morgan fingerprint density at radius 3 is 1.23 bits per heavy atom. The summed E-state index contributed by atoms with van der Waals surface area (Å²) in [7, 11) is 0. The van der Waals surface area contributed by atoms with Crippen molar-refractivity contribution in [1.82, 2.24) is 0 Å². The van der Waals surface area contributed by atoms with Gasteiger partial charge in [-0.05, 0) is 0 Å². The van der Waals surface area contributed by atoms with E-state index >= 15 is 0 Å². The van der Waals surface area contributed by atoms with Gasteiger partial charge in [-0.25, -0.2) is 0 Å². The van der Waals surface area contributed by atoms with Gasteiger partial charge in [-0.15, -0.1) is 0 Å². The maximum atomic E-state index is 12.2. The summed E-state index contributed by atoms with van der Waals surface area (Å²) in [5.41, 5.74) is 0. The lowest BCUT2D eigenvalue weighted by atomic mass is 10.0. The quantitative estimate of drug-likeness (QED) is 0.137. The topological polar surface area (TPSA) is 141 Å². The molecule has 0 spiro atoms. The van der Waals surface area contributed by atoms with E-state index in [1.807, 2.05) is 0 Å². The standard InChI is InChI=1S/C28H46O11/c1-7-20(29)13-34-18-25(37-15-22(31)9-3)27(36-12-6)28(39-17-24(33)11-5)26(38-16-23(32)10-4)19-35-14-21(30)8-2/h12,25-28H,6-11,13-19H2,1-5H3. The van der Waals surface area contributed by atoms with Crippen molar-refractivity contribution in [2.45, 2.75) is 91.1 Å². The molecule has 0 fully saturated rings. The molecule has 11 nitrogen and oxygen atoms in total. The first-order chi connectivity index (χ1) is 18.7. The van der Waals surface area contributed by atoms with Crippen molar-refractivity contribution in [2.24, 2.45) is 0 Å². The Morgan fingerprint density at radius 2 is 0.872 bits per heavy atom. The third kappa shape index (κ3) is 16.4. The summed E-state index contributed by atoms with van der Waals surface area (Å²) < 4.78 is 34.6. The number of carbonyl (C=O) groups excluding carboxylic acids is 5. The van der Waals surface area contributed by atoms with E-state index in [4.69, 9.17) is 28.4 Å². The highest BCUT2D eigenvalue weighted by Gasteiger charge is 2.40. The first-order valence-corrected chi connectivity index (χ1v) is 13.5. The van der Waals surface area contributed by atoms with Gasteiger partial charge in [0.15, 0.2) is 35.0 Å². The summed E-state index contributed by atoms with van der Waals surface area (Å²) in [5, 5.41) is 0. The number of ketones is 5. The van der Waals surface area contributed by atoms with Crippen LogP contribution in [0.5, 0.6) is 0 Å². The van der Waals surface area contributed by atoms with Crippen LogP contribution < -0.4 is 0 Å². The first-order valence-electron chi connectivity index (χ1n) is 13.5. The number of carbonyl (C=O) groups is 5. The van der Waals surface area contributed by atoms with E-state index in [1.165, 1.54) is 0 Å².